The van der Waals surface area contributed by atoms with Crippen LogP contribution in [0.2, 0.25) is 0 Å². The third-order valence-electron chi connectivity index (χ3n) is 3.87. The van der Waals surface area contributed by atoms with Crippen LogP contribution < -0.4 is 4.74 Å². The lowest BCUT2D eigenvalue weighted by atomic mass is 10.0. The van der Waals surface area contributed by atoms with Crippen molar-refractivity contribution in [3.63, 3.8) is 0 Å². The maximum absolute atomic E-state index is 12.1. The molecule has 0 radical (unpaired) electrons. The van der Waals surface area contributed by atoms with Crippen LogP contribution in [0.3, 0.4) is 0 Å². The van der Waals surface area contributed by atoms with Crippen molar-refractivity contribution in [1.29, 1.82) is 0 Å². The summed E-state index contributed by atoms with van der Waals surface area (Å²) in [5.74, 6) is 0. The fourth-order valence-corrected chi connectivity index (χ4v) is 3.83. The zero-order valence-corrected chi connectivity index (χ0v) is 12.4. The Morgan fingerprint density at radius 3 is 2.48 bits per heavy atom. The van der Waals surface area contributed by atoms with Crippen LogP contribution in [0, 0.1) is 0 Å². The van der Waals surface area contributed by atoms with Gasteiger partial charge in [-0.3, -0.25) is 4.79 Å². The number of rotatable bonds is 1. The molecular formula is C18H13NOS. The molecule has 2 nitrogen and oxygen atoms in total. The molecule has 0 atom stereocenters. The van der Waals surface area contributed by atoms with E-state index in [-0.39, 0.29) is 4.74 Å². The Balaban J connectivity index is 2.26. The predicted octanol–water partition coefficient (Wildman–Crippen LogP) is 4.42. The highest BCUT2D eigenvalue weighted by atomic mass is 32.1. The zero-order chi connectivity index (χ0) is 14.4. The first-order valence-corrected chi connectivity index (χ1v) is 7.64. The van der Waals surface area contributed by atoms with Gasteiger partial charge < -0.3 is 4.57 Å². The van der Waals surface area contributed by atoms with Crippen molar-refractivity contribution in [2.45, 2.75) is 0 Å². The number of aryl methyl sites for hydroxylation is 1. The van der Waals surface area contributed by atoms with Crippen molar-refractivity contribution < 1.29 is 0 Å². The Hall–Kier alpha value is -2.39. The molecule has 0 amide bonds. The van der Waals surface area contributed by atoms with Gasteiger partial charge in [-0.05, 0) is 17.2 Å². The lowest BCUT2D eigenvalue weighted by Gasteiger charge is -2.03. The normalized spacial score (nSPS) is 11.3. The highest BCUT2D eigenvalue weighted by Gasteiger charge is 2.14. The molecule has 0 unspecified atom stereocenters. The number of hydrogen-bond donors (Lipinski definition) is 0. The Labute approximate surface area is 125 Å². The van der Waals surface area contributed by atoms with Gasteiger partial charge in [0.1, 0.15) is 4.83 Å². The lowest BCUT2D eigenvalue weighted by molar-refractivity contribution is 1.02. The fraction of sp³-hybridized carbons (Fsp3) is 0.0556. The van der Waals surface area contributed by atoms with E-state index in [1.807, 2.05) is 37.4 Å². The van der Waals surface area contributed by atoms with E-state index in [1.54, 1.807) is 6.07 Å². The van der Waals surface area contributed by atoms with Gasteiger partial charge in [0, 0.05) is 29.4 Å². The van der Waals surface area contributed by atoms with E-state index in [4.69, 9.17) is 0 Å². The summed E-state index contributed by atoms with van der Waals surface area (Å²) in [4.78, 5) is 13.1. The van der Waals surface area contributed by atoms with Crippen molar-refractivity contribution in [1.82, 2.24) is 4.57 Å². The van der Waals surface area contributed by atoms with Gasteiger partial charge in [0.05, 0.1) is 0 Å². The van der Waals surface area contributed by atoms with Gasteiger partial charge in [-0.15, -0.1) is 0 Å². The molecule has 0 bridgehead atoms. The maximum atomic E-state index is 12.1. The van der Waals surface area contributed by atoms with E-state index >= 15 is 0 Å². The van der Waals surface area contributed by atoms with Gasteiger partial charge >= 0.3 is 0 Å². The van der Waals surface area contributed by atoms with Crippen LogP contribution in [-0.4, -0.2) is 4.57 Å². The van der Waals surface area contributed by atoms with Crippen LogP contribution >= 0.6 is 11.3 Å². The Kier molecular flexibility index (Phi) is 2.69. The molecule has 21 heavy (non-hydrogen) atoms. The zero-order valence-electron chi connectivity index (χ0n) is 11.5. The SMILES string of the molecule is Cn1c2ccccc2c2c(-c3ccccc3)cc(=O)sc21. The summed E-state index contributed by atoms with van der Waals surface area (Å²) >= 11 is 1.31. The average Bonchev–Trinajstić information content (AvgIpc) is 2.81. The van der Waals surface area contributed by atoms with Gasteiger partial charge in [-0.2, -0.15) is 0 Å². The Bertz CT molecular complexity index is 1010. The van der Waals surface area contributed by atoms with Gasteiger partial charge in [0.15, 0.2) is 0 Å². The molecule has 0 saturated heterocycles. The number of benzene rings is 2. The van der Waals surface area contributed by atoms with E-state index < -0.39 is 0 Å². The summed E-state index contributed by atoms with van der Waals surface area (Å²) in [7, 11) is 2.02. The average molecular weight is 291 g/mol. The molecule has 2 aromatic carbocycles. The Morgan fingerprint density at radius 2 is 1.67 bits per heavy atom. The first kappa shape index (κ1) is 12.4. The monoisotopic (exact) mass is 291 g/mol. The molecular weight excluding hydrogens is 278 g/mol. The highest BCUT2D eigenvalue weighted by molar-refractivity contribution is 7.16. The van der Waals surface area contributed by atoms with Crippen LogP contribution in [-0.2, 0) is 7.05 Å². The van der Waals surface area contributed by atoms with E-state index in [0.29, 0.717) is 0 Å². The van der Waals surface area contributed by atoms with E-state index in [0.717, 1.165) is 21.5 Å². The highest BCUT2D eigenvalue weighted by Crippen LogP contribution is 2.36. The van der Waals surface area contributed by atoms with Gasteiger partial charge in [-0.1, -0.05) is 59.9 Å². The standard InChI is InChI=1S/C18H13NOS/c1-19-15-10-6-5-9-13(15)17-14(11-16(20)21-18(17)19)12-7-3-2-4-8-12/h2-11H,1H3. The maximum Gasteiger partial charge on any atom is 0.234 e. The Morgan fingerprint density at radius 1 is 0.952 bits per heavy atom. The van der Waals surface area contributed by atoms with Crippen molar-refractivity contribution >= 4 is 32.5 Å². The van der Waals surface area contributed by atoms with Crippen LogP contribution in [0.15, 0.2) is 65.5 Å². The molecule has 4 rings (SSSR count). The second kappa shape index (κ2) is 4.57. The summed E-state index contributed by atoms with van der Waals surface area (Å²) in [5, 5.41) is 2.37. The molecule has 0 aliphatic carbocycles. The fourth-order valence-electron chi connectivity index (χ4n) is 2.91. The first-order chi connectivity index (χ1) is 10.3. The summed E-state index contributed by atoms with van der Waals surface area (Å²) in [6, 6.07) is 20.2. The predicted molar refractivity (Wildman–Crippen MR) is 90.0 cm³/mol. The van der Waals surface area contributed by atoms with Crippen molar-refractivity contribution in [2.24, 2.45) is 7.05 Å². The third kappa shape index (κ3) is 1.82. The van der Waals surface area contributed by atoms with E-state index in [1.165, 1.54) is 22.1 Å². The topological polar surface area (TPSA) is 22.0 Å². The van der Waals surface area contributed by atoms with Crippen LogP contribution in [0.25, 0.3) is 32.2 Å². The second-order valence-corrected chi connectivity index (χ2v) is 6.09. The van der Waals surface area contributed by atoms with Crippen molar-refractivity contribution in [3.05, 3.63) is 70.2 Å². The third-order valence-corrected chi connectivity index (χ3v) is 4.86. The van der Waals surface area contributed by atoms with Gasteiger partial charge in [-0.25, -0.2) is 0 Å². The summed E-state index contributed by atoms with van der Waals surface area (Å²) in [6.07, 6.45) is 0. The van der Waals surface area contributed by atoms with Crippen LogP contribution in [0.5, 0.6) is 0 Å². The summed E-state index contributed by atoms with van der Waals surface area (Å²) < 4.78 is 2.20. The van der Waals surface area contributed by atoms with Crippen molar-refractivity contribution in [2.75, 3.05) is 0 Å². The minimum Gasteiger partial charge on any atom is -0.335 e. The smallest absolute Gasteiger partial charge is 0.234 e. The van der Waals surface area contributed by atoms with Crippen LogP contribution in [0.4, 0.5) is 0 Å². The molecule has 0 aliphatic heterocycles. The van der Waals surface area contributed by atoms with E-state index in [9.17, 15) is 4.79 Å². The number of aromatic nitrogens is 1. The summed E-state index contributed by atoms with van der Waals surface area (Å²) in [5.41, 5.74) is 3.27. The molecule has 0 aliphatic rings. The van der Waals surface area contributed by atoms with Crippen LogP contribution in [0.1, 0.15) is 0 Å². The first-order valence-electron chi connectivity index (χ1n) is 6.82. The van der Waals surface area contributed by atoms with E-state index in [2.05, 4.69) is 28.8 Å². The molecule has 2 aromatic heterocycles. The minimum absolute atomic E-state index is 0.0901. The number of hydrogen-bond acceptors (Lipinski definition) is 2. The number of nitrogens with zero attached hydrogens (tertiary/aromatic N) is 1. The molecule has 3 heteroatoms. The number of para-hydroxylation sites is 1. The quantitative estimate of drug-likeness (QED) is 0.509. The van der Waals surface area contributed by atoms with Gasteiger partial charge in [0.25, 0.3) is 0 Å². The van der Waals surface area contributed by atoms with Crippen molar-refractivity contribution in [3.8, 4) is 11.1 Å². The number of fused-ring (bicyclic) bond motifs is 3. The molecule has 102 valence electrons. The molecule has 2 heterocycles. The second-order valence-electron chi connectivity index (χ2n) is 5.10. The van der Waals surface area contributed by atoms with Gasteiger partial charge in [0.2, 0.25) is 4.74 Å². The molecule has 4 aromatic rings. The summed E-state index contributed by atoms with van der Waals surface area (Å²) in [6.45, 7) is 0. The minimum atomic E-state index is 0.0901. The molecule has 0 fully saturated rings. The molecule has 0 spiro atoms. The molecule has 0 N–H and O–H groups in total. The molecule has 0 saturated carbocycles. The largest absolute Gasteiger partial charge is 0.335 e. The lowest BCUT2D eigenvalue weighted by Crippen LogP contribution is -1.95.